The van der Waals surface area contributed by atoms with Gasteiger partial charge >= 0.3 is 5.97 Å². The number of nitrogens with zero attached hydrogens (tertiary/aromatic N) is 1. The van der Waals surface area contributed by atoms with Crippen LogP contribution in [0.1, 0.15) is 25.7 Å². The van der Waals surface area contributed by atoms with Gasteiger partial charge in [0, 0.05) is 13.0 Å². The van der Waals surface area contributed by atoms with Crippen molar-refractivity contribution in [2.75, 3.05) is 19.8 Å². The van der Waals surface area contributed by atoms with Crippen molar-refractivity contribution in [3.63, 3.8) is 0 Å². The van der Waals surface area contributed by atoms with E-state index in [9.17, 15) is 34.2 Å². The Morgan fingerprint density at radius 3 is 1.82 bits per heavy atom. The molecule has 0 aliphatic rings. The summed E-state index contributed by atoms with van der Waals surface area (Å²) in [6, 6.07) is -5.65. The van der Waals surface area contributed by atoms with Gasteiger partial charge in [0.25, 0.3) is 0 Å². The molecular formula is C17H32N8O8. The molecule has 0 rings (SSSR count). The Kier molecular flexibility index (Phi) is 13.7. The van der Waals surface area contributed by atoms with Gasteiger partial charge in [0.1, 0.15) is 24.2 Å². The Bertz CT molecular complexity index is 728. The standard InChI is InChI=1S/C17H32N8O8/c18-8(6-26)13(29)23-9(3-4-12(19)28)14(30)25-11(7-27)15(31)24-10(16(32)33)2-1-5-22-17(20)21/h8-11,26-27H,1-7,18H2,(H2,19,28)(H,23,29)(H,24,31)(H,25,30)(H,32,33)(H4,20,21,22). The van der Waals surface area contributed by atoms with Crippen molar-refractivity contribution >= 4 is 35.6 Å². The summed E-state index contributed by atoms with van der Waals surface area (Å²) >= 11 is 0. The predicted octanol–water partition coefficient (Wildman–Crippen LogP) is -5.84. The lowest BCUT2D eigenvalue weighted by atomic mass is 10.1. The van der Waals surface area contributed by atoms with Crippen LogP contribution in [0.2, 0.25) is 0 Å². The van der Waals surface area contributed by atoms with E-state index in [-0.39, 0.29) is 38.2 Å². The van der Waals surface area contributed by atoms with Gasteiger partial charge in [-0.3, -0.25) is 24.2 Å². The number of guanidine groups is 1. The number of primary amides is 1. The molecule has 0 aromatic carbocycles. The molecular weight excluding hydrogens is 444 g/mol. The summed E-state index contributed by atoms with van der Waals surface area (Å²) in [5, 5.41) is 34.3. The highest BCUT2D eigenvalue weighted by atomic mass is 16.4. The summed E-state index contributed by atoms with van der Waals surface area (Å²) in [4.78, 5) is 63.0. The van der Waals surface area contributed by atoms with E-state index in [1.165, 1.54) is 0 Å². The molecule has 0 fully saturated rings. The van der Waals surface area contributed by atoms with Crippen molar-refractivity contribution in [1.82, 2.24) is 16.0 Å². The lowest BCUT2D eigenvalue weighted by Crippen LogP contribution is -2.58. The monoisotopic (exact) mass is 476 g/mol. The van der Waals surface area contributed by atoms with Crippen molar-refractivity contribution in [3.05, 3.63) is 0 Å². The minimum absolute atomic E-state index is 0.0414. The van der Waals surface area contributed by atoms with Crippen LogP contribution in [0, 0.1) is 0 Å². The lowest BCUT2D eigenvalue weighted by Gasteiger charge is -2.24. The van der Waals surface area contributed by atoms with Gasteiger partial charge < -0.3 is 54.2 Å². The Balaban J connectivity index is 5.18. The number of amides is 4. The first kappa shape index (κ1) is 29.5. The quantitative estimate of drug-likeness (QED) is 0.0568. The van der Waals surface area contributed by atoms with E-state index in [1.807, 2.05) is 0 Å². The van der Waals surface area contributed by atoms with Gasteiger partial charge in [-0.05, 0) is 19.3 Å². The number of aliphatic imine (C=N–C) groups is 1. The van der Waals surface area contributed by atoms with Crippen LogP contribution < -0.4 is 38.9 Å². The van der Waals surface area contributed by atoms with Crippen molar-refractivity contribution in [2.45, 2.75) is 49.9 Å². The van der Waals surface area contributed by atoms with Gasteiger partial charge in [0.15, 0.2) is 5.96 Å². The molecule has 0 aromatic heterocycles. The highest BCUT2D eigenvalue weighted by Gasteiger charge is 2.30. The smallest absolute Gasteiger partial charge is 0.326 e. The summed E-state index contributed by atoms with van der Waals surface area (Å²) < 4.78 is 0. The second-order valence-corrected chi connectivity index (χ2v) is 6.95. The molecule has 0 saturated heterocycles. The van der Waals surface area contributed by atoms with E-state index >= 15 is 0 Å². The second-order valence-electron chi connectivity index (χ2n) is 6.95. The molecule has 0 aliphatic heterocycles. The first-order valence-electron chi connectivity index (χ1n) is 9.87. The number of aliphatic hydroxyl groups is 2. The molecule has 0 saturated carbocycles. The van der Waals surface area contributed by atoms with Crippen molar-refractivity contribution in [2.24, 2.45) is 27.9 Å². The summed E-state index contributed by atoms with van der Waals surface area (Å²) in [7, 11) is 0. The summed E-state index contributed by atoms with van der Waals surface area (Å²) in [5.41, 5.74) is 20.8. The van der Waals surface area contributed by atoms with Crippen molar-refractivity contribution in [3.8, 4) is 0 Å². The maximum Gasteiger partial charge on any atom is 0.326 e. The number of carbonyl (C=O) groups excluding carboxylic acids is 4. The summed E-state index contributed by atoms with van der Waals surface area (Å²) in [6.07, 6.45) is -0.384. The van der Waals surface area contributed by atoms with Crippen LogP contribution in [0.3, 0.4) is 0 Å². The van der Waals surface area contributed by atoms with E-state index in [0.717, 1.165) is 0 Å². The van der Waals surface area contributed by atoms with Gasteiger partial charge in [0.2, 0.25) is 23.6 Å². The molecule has 0 spiro atoms. The maximum atomic E-state index is 12.5. The Morgan fingerprint density at radius 1 is 0.788 bits per heavy atom. The van der Waals surface area contributed by atoms with Crippen LogP contribution in [0.15, 0.2) is 4.99 Å². The minimum Gasteiger partial charge on any atom is -0.480 e. The average molecular weight is 476 g/mol. The lowest BCUT2D eigenvalue weighted by molar-refractivity contribution is -0.142. The highest BCUT2D eigenvalue weighted by Crippen LogP contribution is 2.02. The number of rotatable bonds is 16. The molecule has 188 valence electrons. The number of aliphatic hydroxyl groups excluding tert-OH is 2. The van der Waals surface area contributed by atoms with E-state index < -0.39 is 67.0 Å². The van der Waals surface area contributed by atoms with Crippen LogP contribution in [-0.2, 0) is 24.0 Å². The molecule has 14 N–H and O–H groups in total. The minimum atomic E-state index is -1.57. The first-order valence-corrected chi connectivity index (χ1v) is 9.87. The fourth-order valence-corrected chi connectivity index (χ4v) is 2.42. The number of hydrogen-bond donors (Lipinski definition) is 10. The molecule has 4 unspecified atom stereocenters. The second kappa shape index (κ2) is 15.3. The van der Waals surface area contributed by atoms with Crippen molar-refractivity contribution in [1.29, 1.82) is 0 Å². The topological polar surface area (TPSA) is 299 Å². The molecule has 4 atom stereocenters. The Labute approximate surface area is 189 Å². The predicted molar refractivity (Wildman–Crippen MR) is 114 cm³/mol. The third-order valence-electron chi connectivity index (χ3n) is 4.22. The Morgan fingerprint density at radius 2 is 1.33 bits per heavy atom. The van der Waals surface area contributed by atoms with Crippen molar-refractivity contribution < 1.29 is 39.3 Å². The largest absolute Gasteiger partial charge is 0.480 e. The molecule has 4 amide bonds. The van der Waals surface area contributed by atoms with Gasteiger partial charge in [-0.25, -0.2) is 4.79 Å². The van der Waals surface area contributed by atoms with E-state index in [4.69, 9.17) is 28.0 Å². The fourth-order valence-electron chi connectivity index (χ4n) is 2.42. The third-order valence-corrected chi connectivity index (χ3v) is 4.22. The van der Waals surface area contributed by atoms with Crippen LogP contribution in [0.5, 0.6) is 0 Å². The van der Waals surface area contributed by atoms with E-state index in [0.29, 0.717) is 0 Å². The summed E-state index contributed by atoms with van der Waals surface area (Å²) in [5.74, 6) is -5.18. The molecule has 0 heterocycles. The van der Waals surface area contributed by atoms with Crippen LogP contribution in [0.25, 0.3) is 0 Å². The first-order chi connectivity index (χ1) is 15.4. The number of hydrogen-bond acceptors (Lipinski definition) is 9. The highest BCUT2D eigenvalue weighted by molar-refractivity contribution is 5.94. The SMILES string of the molecule is NC(=O)CCC(NC(=O)C(N)CO)C(=O)NC(CO)C(=O)NC(CCCN=C(N)N)C(=O)O. The zero-order chi connectivity index (χ0) is 25.6. The van der Waals surface area contributed by atoms with E-state index in [2.05, 4.69) is 20.9 Å². The molecule has 33 heavy (non-hydrogen) atoms. The molecule has 16 nitrogen and oxygen atoms in total. The van der Waals surface area contributed by atoms with Crippen LogP contribution in [0.4, 0.5) is 0 Å². The van der Waals surface area contributed by atoms with E-state index in [1.54, 1.807) is 0 Å². The normalized spacial score (nSPS) is 14.2. The van der Waals surface area contributed by atoms with Crippen LogP contribution in [-0.4, -0.2) is 94.8 Å². The number of carboxylic acid groups (broad SMARTS) is 1. The summed E-state index contributed by atoms with van der Waals surface area (Å²) in [6.45, 7) is -1.48. The van der Waals surface area contributed by atoms with Gasteiger partial charge in [-0.15, -0.1) is 0 Å². The molecule has 0 aliphatic carbocycles. The molecule has 0 radical (unpaired) electrons. The van der Waals surface area contributed by atoms with Crippen LogP contribution >= 0.6 is 0 Å². The zero-order valence-corrected chi connectivity index (χ0v) is 17.9. The number of carbonyl (C=O) groups is 5. The molecule has 0 aromatic rings. The average Bonchev–Trinajstić information content (AvgIpc) is 2.75. The maximum absolute atomic E-state index is 12.5. The third kappa shape index (κ3) is 12.2. The zero-order valence-electron chi connectivity index (χ0n) is 17.9. The number of nitrogens with two attached hydrogens (primary N) is 4. The van der Waals surface area contributed by atoms with Gasteiger partial charge in [-0.2, -0.15) is 0 Å². The number of carboxylic acids is 1. The number of aliphatic carboxylic acids is 1. The van der Waals surface area contributed by atoms with Gasteiger partial charge in [0.05, 0.1) is 13.2 Å². The van der Waals surface area contributed by atoms with Gasteiger partial charge in [-0.1, -0.05) is 0 Å². The molecule has 16 heteroatoms. The Hall–Kier alpha value is -3.50. The number of nitrogens with one attached hydrogen (secondary N) is 3. The molecule has 0 bridgehead atoms. The fraction of sp³-hybridized carbons (Fsp3) is 0.647.